The van der Waals surface area contributed by atoms with E-state index >= 15 is 0 Å². The number of hydrogen-bond acceptors (Lipinski definition) is 4. The number of ether oxygens (including phenoxy) is 1. The molecule has 5 nitrogen and oxygen atoms in total. The first-order chi connectivity index (χ1) is 7.69. The van der Waals surface area contributed by atoms with E-state index in [0.717, 1.165) is 0 Å². The Kier molecular flexibility index (Phi) is 4.30. The summed E-state index contributed by atoms with van der Waals surface area (Å²) in [5, 5.41) is 20.5. The van der Waals surface area contributed by atoms with Crippen LogP contribution in [0.3, 0.4) is 0 Å². The first kappa shape index (κ1) is 12.0. The lowest BCUT2D eigenvalue weighted by Gasteiger charge is -2.19. The number of benzene rings is 1. The topological polar surface area (TPSA) is 82.3 Å². The van der Waals surface area contributed by atoms with Gasteiger partial charge >= 0.3 is 6.09 Å². The van der Waals surface area contributed by atoms with E-state index in [1.807, 2.05) is 0 Å². The van der Waals surface area contributed by atoms with Crippen LogP contribution in [0.1, 0.15) is 11.6 Å². The molecule has 0 heterocycles. The van der Waals surface area contributed by atoms with Gasteiger partial charge in [0.15, 0.2) is 6.10 Å². The summed E-state index contributed by atoms with van der Waals surface area (Å²) in [5.41, 5.74) is 0.641. The van der Waals surface area contributed by atoms with E-state index in [1.165, 1.54) is 7.11 Å². The lowest BCUT2D eigenvalue weighted by atomic mass is 10.0. The number of methoxy groups -OCH3 is 1. The lowest BCUT2D eigenvalue weighted by molar-refractivity contribution is 0.141. The van der Waals surface area contributed by atoms with Crippen LogP contribution >= 0.6 is 0 Å². The molecule has 2 N–H and O–H groups in total. The van der Waals surface area contributed by atoms with Crippen molar-refractivity contribution in [3.05, 3.63) is 35.9 Å². The second-order valence-electron chi connectivity index (χ2n) is 3.10. The molecule has 0 fully saturated rings. The van der Waals surface area contributed by atoms with E-state index in [1.54, 1.807) is 36.4 Å². The third-order valence-corrected chi connectivity index (χ3v) is 2.07. The minimum Gasteiger partial charge on any atom is -0.453 e. The molecule has 1 amide bonds. The largest absolute Gasteiger partial charge is 0.453 e. The summed E-state index contributed by atoms with van der Waals surface area (Å²) in [7, 11) is 1.22. The molecule has 0 saturated carbocycles. The number of nitrogens with zero attached hydrogens (tertiary/aromatic N) is 1. The van der Waals surface area contributed by atoms with Crippen LogP contribution in [0, 0.1) is 11.3 Å². The Bertz CT molecular complexity index is 386. The Hall–Kier alpha value is -2.06. The molecule has 0 aliphatic carbocycles. The van der Waals surface area contributed by atoms with Gasteiger partial charge in [0.1, 0.15) is 0 Å². The molecule has 2 atom stereocenters. The SMILES string of the molecule is COC(=O)N[C@@H](c1ccccc1)[C@H](O)C#N. The quantitative estimate of drug-likeness (QED) is 0.743. The van der Waals surface area contributed by atoms with Gasteiger partial charge in [0, 0.05) is 0 Å². The molecule has 1 rings (SSSR count). The summed E-state index contributed by atoms with van der Waals surface area (Å²) in [6.45, 7) is 0. The summed E-state index contributed by atoms with van der Waals surface area (Å²) >= 11 is 0. The molecule has 5 heteroatoms. The Morgan fingerprint density at radius 1 is 1.50 bits per heavy atom. The lowest BCUT2D eigenvalue weighted by Crippen LogP contribution is -2.35. The fourth-order valence-corrected chi connectivity index (χ4v) is 1.27. The number of alkyl carbamates (subject to hydrolysis) is 1. The monoisotopic (exact) mass is 220 g/mol. The van der Waals surface area contributed by atoms with Crippen LogP contribution in [0.15, 0.2) is 30.3 Å². The van der Waals surface area contributed by atoms with Crippen molar-refractivity contribution in [3.63, 3.8) is 0 Å². The highest BCUT2D eigenvalue weighted by atomic mass is 16.5. The maximum absolute atomic E-state index is 11.1. The molecule has 0 aliphatic rings. The van der Waals surface area contributed by atoms with Crippen LogP contribution in [0.2, 0.25) is 0 Å². The molecule has 1 aromatic carbocycles. The van der Waals surface area contributed by atoms with Gasteiger partial charge < -0.3 is 15.2 Å². The van der Waals surface area contributed by atoms with Gasteiger partial charge in [-0.05, 0) is 5.56 Å². The second-order valence-corrected chi connectivity index (χ2v) is 3.10. The second kappa shape index (κ2) is 5.73. The smallest absolute Gasteiger partial charge is 0.407 e. The number of nitrogens with one attached hydrogen (secondary N) is 1. The minimum absolute atomic E-state index is 0.641. The van der Waals surface area contributed by atoms with E-state index in [0.29, 0.717) is 5.56 Å². The van der Waals surface area contributed by atoms with Crippen LogP contribution in [-0.2, 0) is 4.74 Å². The molecule has 0 spiro atoms. The summed E-state index contributed by atoms with van der Waals surface area (Å²) in [4.78, 5) is 11.1. The van der Waals surface area contributed by atoms with Crippen LogP contribution in [0.25, 0.3) is 0 Å². The average Bonchev–Trinajstić information content (AvgIpc) is 2.35. The zero-order valence-corrected chi connectivity index (χ0v) is 8.75. The fraction of sp³-hybridized carbons (Fsp3) is 0.273. The molecule has 0 saturated heterocycles. The van der Waals surface area contributed by atoms with E-state index < -0.39 is 18.2 Å². The average molecular weight is 220 g/mol. The van der Waals surface area contributed by atoms with Gasteiger partial charge in [0.2, 0.25) is 0 Å². The van der Waals surface area contributed by atoms with Crippen LogP contribution in [0.4, 0.5) is 4.79 Å². The van der Waals surface area contributed by atoms with Crippen molar-refractivity contribution in [2.75, 3.05) is 7.11 Å². The molecular weight excluding hydrogens is 208 g/mol. The number of carbonyl (C=O) groups excluding carboxylic acids is 1. The fourth-order valence-electron chi connectivity index (χ4n) is 1.27. The van der Waals surface area contributed by atoms with Gasteiger partial charge in [0.25, 0.3) is 0 Å². The van der Waals surface area contributed by atoms with Crippen molar-refractivity contribution in [2.24, 2.45) is 0 Å². The third-order valence-electron chi connectivity index (χ3n) is 2.07. The molecular formula is C11H12N2O3. The summed E-state index contributed by atoms with van der Waals surface area (Å²) < 4.78 is 4.43. The van der Waals surface area contributed by atoms with Crippen molar-refractivity contribution < 1.29 is 14.6 Å². The van der Waals surface area contributed by atoms with Crippen molar-refractivity contribution in [3.8, 4) is 6.07 Å². The van der Waals surface area contributed by atoms with Gasteiger partial charge in [-0.3, -0.25) is 0 Å². The zero-order valence-electron chi connectivity index (χ0n) is 8.75. The number of hydrogen-bond donors (Lipinski definition) is 2. The van der Waals surface area contributed by atoms with Gasteiger partial charge in [0.05, 0.1) is 19.2 Å². The highest BCUT2D eigenvalue weighted by Gasteiger charge is 2.22. The minimum atomic E-state index is -1.32. The van der Waals surface area contributed by atoms with E-state index in [9.17, 15) is 9.90 Å². The molecule has 0 aromatic heterocycles. The van der Waals surface area contributed by atoms with Gasteiger partial charge in [-0.1, -0.05) is 30.3 Å². The zero-order chi connectivity index (χ0) is 12.0. The van der Waals surface area contributed by atoms with Crippen molar-refractivity contribution in [1.29, 1.82) is 5.26 Å². The maximum Gasteiger partial charge on any atom is 0.407 e. The number of carbonyl (C=O) groups is 1. The normalized spacial score (nSPS) is 13.3. The number of rotatable bonds is 3. The van der Waals surface area contributed by atoms with E-state index in [4.69, 9.17) is 5.26 Å². The van der Waals surface area contributed by atoms with Crippen LogP contribution in [-0.4, -0.2) is 24.4 Å². The Morgan fingerprint density at radius 2 is 2.12 bits per heavy atom. The van der Waals surface area contributed by atoms with Crippen molar-refractivity contribution in [1.82, 2.24) is 5.32 Å². The first-order valence-corrected chi connectivity index (χ1v) is 4.66. The van der Waals surface area contributed by atoms with Crippen LogP contribution in [0.5, 0.6) is 0 Å². The summed E-state index contributed by atoms with van der Waals surface area (Å²) in [5.74, 6) is 0. The van der Waals surface area contributed by atoms with Gasteiger partial charge in [-0.15, -0.1) is 0 Å². The maximum atomic E-state index is 11.1. The predicted octanol–water partition coefficient (Wildman–Crippen LogP) is 0.968. The van der Waals surface area contributed by atoms with Gasteiger partial charge in [-0.2, -0.15) is 5.26 Å². The van der Waals surface area contributed by atoms with E-state index in [2.05, 4.69) is 10.1 Å². The first-order valence-electron chi connectivity index (χ1n) is 4.66. The molecule has 0 unspecified atom stereocenters. The molecule has 0 radical (unpaired) electrons. The highest BCUT2D eigenvalue weighted by Crippen LogP contribution is 2.16. The van der Waals surface area contributed by atoms with E-state index in [-0.39, 0.29) is 0 Å². The van der Waals surface area contributed by atoms with Gasteiger partial charge in [-0.25, -0.2) is 4.79 Å². The summed E-state index contributed by atoms with van der Waals surface area (Å²) in [6, 6.07) is 9.62. The molecule has 0 aliphatic heterocycles. The van der Waals surface area contributed by atoms with Crippen LogP contribution < -0.4 is 5.32 Å². The number of aliphatic hydroxyl groups excluding tert-OH is 1. The number of nitriles is 1. The highest BCUT2D eigenvalue weighted by molar-refractivity contribution is 5.67. The Morgan fingerprint density at radius 3 is 2.62 bits per heavy atom. The molecule has 84 valence electrons. The standard InChI is InChI=1S/C11H12N2O3/c1-16-11(15)13-10(9(14)7-12)8-5-3-2-4-6-8/h2-6,9-10,14H,1H3,(H,13,15)/t9-,10+/m1/s1. The van der Waals surface area contributed by atoms with Crippen molar-refractivity contribution in [2.45, 2.75) is 12.1 Å². The number of aliphatic hydroxyl groups is 1. The predicted molar refractivity (Wildman–Crippen MR) is 56.3 cm³/mol. The molecule has 0 bridgehead atoms. The third kappa shape index (κ3) is 2.97. The Balaban J connectivity index is 2.89. The molecule has 1 aromatic rings. The summed E-state index contributed by atoms with van der Waals surface area (Å²) in [6.07, 6.45) is -2.01. The van der Waals surface area contributed by atoms with Crippen molar-refractivity contribution >= 4 is 6.09 Å². The molecule has 16 heavy (non-hydrogen) atoms. The number of amides is 1. The Labute approximate surface area is 93.3 Å².